The maximum atomic E-state index is 4.06. The zero-order chi connectivity index (χ0) is 6.53. The van der Waals surface area contributed by atoms with Crippen molar-refractivity contribution < 1.29 is 0 Å². The van der Waals surface area contributed by atoms with Crippen LogP contribution in [-0.4, -0.2) is 10.3 Å². The quantitative estimate of drug-likeness (QED) is 0.674. The van der Waals surface area contributed by atoms with Crippen LogP contribution in [0.2, 0.25) is 0 Å². The molecule has 48 valence electrons. The van der Waals surface area contributed by atoms with Crippen LogP contribution in [0.5, 0.6) is 0 Å². The van der Waals surface area contributed by atoms with E-state index in [9.17, 15) is 0 Å². The van der Waals surface area contributed by atoms with Crippen LogP contribution in [0.3, 0.4) is 0 Å². The van der Waals surface area contributed by atoms with Crippen LogP contribution in [0.25, 0.3) is 6.08 Å². The molecule has 0 fully saturated rings. The molecule has 0 N–H and O–H groups in total. The third kappa shape index (κ3) is 2.28. The number of hydrogen-bond donors (Lipinski definition) is 0. The maximum Gasteiger partial charge on any atom is 0.0798 e. The van der Waals surface area contributed by atoms with Crippen LogP contribution >= 0.6 is 27.3 Å². The minimum absolute atomic E-state index is 0.893. The molecule has 1 nitrogen and oxygen atoms in total. The minimum Gasteiger partial charge on any atom is -0.245 e. The molecule has 1 heterocycles. The molecule has 0 saturated carbocycles. The lowest BCUT2D eigenvalue weighted by atomic mass is 10.4. The Balaban J connectivity index is 2.57. The number of halogens is 1. The van der Waals surface area contributed by atoms with Crippen molar-refractivity contribution in [2.45, 2.75) is 0 Å². The van der Waals surface area contributed by atoms with E-state index in [1.807, 2.05) is 23.0 Å². The van der Waals surface area contributed by atoms with Crippen LogP contribution in [0.1, 0.15) is 5.69 Å². The van der Waals surface area contributed by atoms with E-state index in [0.29, 0.717) is 0 Å². The van der Waals surface area contributed by atoms with Gasteiger partial charge in [0.1, 0.15) is 0 Å². The van der Waals surface area contributed by atoms with Gasteiger partial charge in [0.05, 0.1) is 11.2 Å². The molecule has 1 aromatic heterocycles. The summed E-state index contributed by atoms with van der Waals surface area (Å²) in [7, 11) is 0. The van der Waals surface area contributed by atoms with Gasteiger partial charge in [0.25, 0.3) is 0 Å². The smallest absolute Gasteiger partial charge is 0.0798 e. The lowest BCUT2D eigenvalue weighted by molar-refractivity contribution is 1.38. The van der Waals surface area contributed by atoms with E-state index in [1.54, 1.807) is 11.3 Å². The molecular formula is C6H6BrNS. The van der Waals surface area contributed by atoms with Gasteiger partial charge >= 0.3 is 0 Å². The summed E-state index contributed by atoms with van der Waals surface area (Å²) in [5, 5.41) is 2.91. The molecule has 1 aromatic rings. The summed E-state index contributed by atoms with van der Waals surface area (Å²) >= 11 is 4.90. The average Bonchev–Trinajstić information content (AvgIpc) is 2.34. The molecule has 0 radical (unpaired) electrons. The van der Waals surface area contributed by atoms with Gasteiger partial charge in [0.15, 0.2) is 0 Å². The van der Waals surface area contributed by atoms with E-state index >= 15 is 0 Å². The van der Waals surface area contributed by atoms with Crippen molar-refractivity contribution in [3.63, 3.8) is 0 Å². The third-order valence-electron chi connectivity index (χ3n) is 0.829. The predicted molar refractivity (Wildman–Crippen MR) is 44.9 cm³/mol. The third-order valence-corrected chi connectivity index (χ3v) is 1.81. The highest BCUT2D eigenvalue weighted by atomic mass is 79.9. The van der Waals surface area contributed by atoms with Crippen LogP contribution in [0.4, 0.5) is 0 Å². The van der Waals surface area contributed by atoms with Gasteiger partial charge in [0.2, 0.25) is 0 Å². The second kappa shape index (κ2) is 3.80. The highest BCUT2D eigenvalue weighted by Gasteiger charge is 1.83. The highest BCUT2D eigenvalue weighted by Crippen LogP contribution is 2.02. The zero-order valence-electron chi connectivity index (χ0n) is 4.75. The molecule has 0 aromatic carbocycles. The van der Waals surface area contributed by atoms with Crippen molar-refractivity contribution in [2.75, 3.05) is 5.33 Å². The van der Waals surface area contributed by atoms with Gasteiger partial charge in [-0.1, -0.05) is 22.0 Å². The first-order valence-electron chi connectivity index (χ1n) is 2.54. The molecule has 0 aliphatic carbocycles. The fourth-order valence-corrected chi connectivity index (χ4v) is 1.18. The van der Waals surface area contributed by atoms with Crippen LogP contribution in [0, 0.1) is 0 Å². The van der Waals surface area contributed by atoms with E-state index < -0.39 is 0 Å². The summed E-state index contributed by atoms with van der Waals surface area (Å²) in [5.74, 6) is 0. The number of allylic oxidation sites excluding steroid dienone is 1. The van der Waals surface area contributed by atoms with E-state index in [0.717, 1.165) is 11.0 Å². The predicted octanol–water partition coefficient (Wildman–Crippen LogP) is 2.55. The number of nitrogens with zero attached hydrogens (tertiary/aromatic N) is 1. The monoisotopic (exact) mass is 203 g/mol. The number of rotatable bonds is 2. The number of hydrogen-bond acceptors (Lipinski definition) is 2. The summed E-state index contributed by atoms with van der Waals surface area (Å²) in [6, 6.07) is 0. The number of alkyl halides is 1. The molecule has 0 atom stereocenters. The lowest BCUT2D eigenvalue weighted by Crippen LogP contribution is -1.66. The lowest BCUT2D eigenvalue weighted by Gasteiger charge is -1.77. The first-order chi connectivity index (χ1) is 4.43. The minimum atomic E-state index is 0.893. The standard InChI is InChI=1S/C6H6BrNS/c7-3-1-2-6-4-9-5-8-6/h1-2,4-5H,3H2. The number of aromatic nitrogens is 1. The van der Waals surface area contributed by atoms with Crippen molar-refractivity contribution in [1.82, 2.24) is 4.98 Å². The second-order valence-electron chi connectivity index (χ2n) is 1.47. The molecule has 0 saturated heterocycles. The van der Waals surface area contributed by atoms with E-state index in [4.69, 9.17) is 0 Å². The first kappa shape index (κ1) is 6.96. The molecule has 0 unspecified atom stereocenters. The highest BCUT2D eigenvalue weighted by molar-refractivity contribution is 9.09. The normalized spacial score (nSPS) is 10.8. The van der Waals surface area contributed by atoms with E-state index in [1.165, 1.54) is 0 Å². The first-order valence-corrected chi connectivity index (χ1v) is 4.60. The summed E-state index contributed by atoms with van der Waals surface area (Å²) in [6.45, 7) is 0. The van der Waals surface area contributed by atoms with Gasteiger partial charge in [-0.2, -0.15) is 0 Å². The number of thiazole rings is 1. The SMILES string of the molecule is BrCC=Cc1cscn1. The molecule has 0 aliphatic rings. The molecular weight excluding hydrogens is 198 g/mol. The Hall–Kier alpha value is -0.150. The van der Waals surface area contributed by atoms with E-state index in [2.05, 4.69) is 20.9 Å². The molecule has 0 aliphatic heterocycles. The summed E-state index contributed by atoms with van der Waals surface area (Å²) in [4.78, 5) is 4.06. The fourth-order valence-electron chi connectivity index (χ4n) is 0.469. The van der Waals surface area contributed by atoms with Gasteiger partial charge in [-0.15, -0.1) is 11.3 Å². The summed E-state index contributed by atoms with van der Waals surface area (Å²) in [5.41, 5.74) is 2.87. The van der Waals surface area contributed by atoms with Crippen LogP contribution in [0.15, 0.2) is 17.0 Å². The molecule has 1 rings (SSSR count). The molecule has 0 spiro atoms. The topological polar surface area (TPSA) is 12.9 Å². The van der Waals surface area contributed by atoms with Crippen LogP contribution < -0.4 is 0 Å². The molecule has 9 heavy (non-hydrogen) atoms. The fraction of sp³-hybridized carbons (Fsp3) is 0.167. The molecule has 0 amide bonds. The Bertz CT molecular complexity index is 181. The largest absolute Gasteiger partial charge is 0.245 e. The van der Waals surface area contributed by atoms with E-state index in [-0.39, 0.29) is 0 Å². The Morgan fingerprint density at radius 3 is 3.22 bits per heavy atom. The Labute approximate surface area is 66.6 Å². The van der Waals surface area contributed by atoms with Crippen molar-refractivity contribution >= 4 is 33.3 Å². The van der Waals surface area contributed by atoms with Gasteiger partial charge in [-0.25, -0.2) is 4.98 Å². The van der Waals surface area contributed by atoms with Crippen LogP contribution in [-0.2, 0) is 0 Å². The van der Waals surface area contributed by atoms with Crippen molar-refractivity contribution in [3.8, 4) is 0 Å². The van der Waals surface area contributed by atoms with Gasteiger partial charge in [0, 0.05) is 10.7 Å². The molecule has 3 heteroatoms. The van der Waals surface area contributed by atoms with Gasteiger partial charge < -0.3 is 0 Å². The zero-order valence-corrected chi connectivity index (χ0v) is 7.15. The maximum absolute atomic E-state index is 4.06. The Morgan fingerprint density at radius 1 is 1.78 bits per heavy atom. The van der Waals surface area contributed by atoms with Crippen molar-refractivity contribution in [2.24, 2.45) is 0 Å². The van der Waals surface area contributed by atoms with Gasteiger partial charge in [-0.05, 0) is 6.08 Å². The van der Waals surface area contributed by atoms with Crippen molar-refractivity contribution in [3.05, 3.63) is 22.7 Å². The second-order valence-corrected chi connectivity index (χ2v) is 2.84. The van der Waals surface area contributed by atoms with Gasteiger partial charge in [-0.3, -0.25) is 0 Å². The Kier molecular flexibility index (Phi) is 2.94. The summed E-state index contributed by atoms with van der Waals surface area (Å²) in [6.07, 6.45) is 4.01. The average molecular weight is 204 g/mol. The molecule has 0 bridgehead atoms. The Morgan fingerprint density at radius 2 is 2.67 bits per heavy atom. The summed E-state index contributed by atoms with van der Waals surface area (Å²) < 4.78 is 0. The van der Waals surface area contributed by atoms with Crippen molar-refractivity contribution in [1.29, 1.82) is 0 Å².